The fourth-order valence-electron chi connectivity index (χ4n) is 1.86. The Bertz CT molecular complexity index is 834. The molecule has 0 aliphatic rings. The van der Waals surface area contributed by atoms with Crippen LogP contribution in [0.5, 0.6) is 0 Å². The highest BCUT2D eigenvalue weighted by atomic mass is 16.4. The van der Waals surface area contributed by atoms with E-state index in [1.54, 1.807) is 24.4 Å². The molecule has 0 saturated heterocycles. The Labute approximate surface area is 106 Å². The molecule has 0 amide bonds. The topological polar surface area (TPSA) is 100 Å². The summed E-state index contributed by atoms with van der Waals surface area (Å²) >= 11 is 0. The number of aromatic nitrogens is 4. The van der Waals surface area contributed by atoms with Gasteiger partial charge in [0.05, 0.1) is 5.56 Å². The first-order valence-corrected chi connectivity index (χ1v) is 5.44. The number of hydrogen-bond donors (Lipinski definition) is 2. The Hall–Kier alpha value is -2.96. The predicted molar refractivity (Wildman–Crippen MR) is 66.0 cm³/mol. The number of fused-ring (bicyclic) bond motifs is 1. The maximum atomic E-state index is 12.2. The van der Waals surface area contributed by atoms with E-state index in [-0.39, 0.29) is 16.8 Å². The monoisotopic (exact) mass is 256 g/mol. The van der Waals surface area contributed by atoms with Gasteiger partial charge in [0.2, 0.25) is 0 Å². The number of carboxylic acids is 1. The average Bonchev–Trinajstić information content (AvgIpc) is 2.88. The molecular formula is C12H8N4O3. The van der Waals surface area contributed by atoms with E-state index in [0.29, 0.717) is 5.65 Å². The number of nitrogens with one attached hydrogen (secondary N) is 1. The van der Waals surface area contributed by atoms with Crippen LogP contribution in [-0.2, 0) is 0 Å². The molecule has 0 radical (unpaired) electrons. The molecule has 7 heteroatoms. The van der Waals surface area contributed by atoms with Gasteiger partial charge in [-0.25, -0.2) is 4.79 Å². The summed E-state index contributed by atoms with van der Waals surface area (Å²) in [5.74, 6) is -1.12. The second-order valence-corrected chi connectivity index (χ2v) is 3.86. The van der Waals surface area contributed by atoms with Crippen LogP contribution in [0.2, 0.25) is 0 Å². The third-order valence-corrected chi connectivity index (χ3v) is 2.74. The van der Waals surface area contributed by atoms with Crippen molar-refractivity contribution in [1.29, 1.82) is 0 Å². The van der Waals surface area contributed by atoms with Crippen molar-refractivity contribution in [2.45, 2.75) is 0 Å². The largest absolute Gasteiger partial charge is 0.478 e. The number of nitrogens with zero attached hydrogens (tertiary/aromatic N) is 3. The van der Waals surface area contributed by atoms with Gasteiger partial charge < -0.3 is 5.11 Å². The fourth-order valence-corrected chi connectivity index (χ4v) is 1.86. The second kappa shape index (κ2) is 4.05. The van der Waals surface area contributed by atoms with Gasteiger partial charge in [0.1, 0.15) is 0 Å². The van der Waals surface area contributed by atoms with Crippen molar-refractivity contribution >= 4 is 11.6 Å². The van der Waals surface area contributed by atoms with Crippen LogP contribution in [0.15, 0.2) is 41.3 Å². The predicted octanol–water partition coefficient (Wildman–Crippen LogP) is 0.783. The van der Waals surface area contributed by atoms with Crippen LogP contribution < -0.4 is 5.56 Å². The number of aromatic carboxylic acids is 1. The maximum absolute atomic E-state index is 12.2. The molecule has 0 bridgehead atoms. The highest BCUT2D eigenvalue weighted by Gasteiger charge is 2.16. The quantitative estimate of drug-likeness (QED) is 0.705. The summed E-state index contributed by atoms with van der Waals surface area (Å²) < 4.78 is 1.21. The average molecular weight is 256 g/mol. The van der Waals surface area contributed by atoms with Crippen molar-refractivity contribution in [3.8, 4) is 11.3 Å². The van der Waals surface area contributed by atoms with E-state index < -0.39 is 11.5 Å². The molecule has 2 N–H and O–H groups in total. The van der Waals surface area contributed by atoms with Crippen LogP contribution in [0.25, 0.3) is 16.9 Å². The van der Waals surface area contributed by atoms with Crippen molar-refractivity contribution in [3.05, 3.63) is 52.4 Å². The van der Waals surface area contributed by atoms with Gasteiger partial charge in [0.25, 0.3) is 5.56 Å². The molecular weight excluding hydrogens is 248 g/mol. The number of aromatic amines is 1. The molecule has 3 rings (SSSR count). The van der Waals surface area contributed by atoms with Gasteiger partial charge in [-0.15, -0.1) is 10.2 Å². The Kier molecular flexibility index (Phi) is 2.38. The van der Waals surface area contributed by atoms with E-state index in [4.69, 9.17) is 5.11 Å². The molecule has 0 aliphatic carbocycles. The SMILES string of the molecule is O=C(O)c1ccccc1-c1nnc2cc[nH]n2c1=O. The molecule has 1 aromatic carbocycles. The van der Waals surface area contributed by atoms with Gasteiger partial charge in [-0.1, -0.05) is 18.2 Å². The Balaban J connectivity index is 2.34. The van der Waals surface area contributed by atoms with Gasteiger partial charge >= 0.3 is 5.97 Å². The first-order valence-electron chi connectivity index (χ1n) is 5.44. The Morgan fingerprint density at radius 2 is 2.00 bits per heavy atom. The van der Waals surface area contributed by atoms with E-state index in [9.17, 15) is 9.59 Å². The standard InChI is InChI=1S/C12H8N4O3/c17-11-10(15-14-9-5-6-13-16(9)11)7-3-1-2-4-8(7)12(18)19/h1-6,13H,(H,18,19). The minimum Gasteiger partial charge on any atom is -0.478 e. The summed E-state index contributed by atoms with van der Waals surface area (Å²) in [6.07, 6.45) is 1.55. The lowest BCUT2D eigenvalue weighted by Crippen LogP contribution is -2.20. The molecule has 0 atom stereocenters. The third-order valence-electron chi connectivity index (χ3n) is 2.74. The lowest BCUT2D eigenvalue weighted by molar-refractivity contribution is 0.0697. The summed E-state index contributed by atoms with van der Waals surface area (Å²) in [4.78, 5) is 23.4. The van der Waals surface area contributed by atoms with Gasteiger partial charge in [-0.2, -0.15) is 4.52 Å². The smallest absolute Gasteiger partial charge is 0.336 e. The number of benzene rings is 1. The first-order chi connectivity index (χ1) is 9.18. The molecule has 3 aromatic rings. The first kappa shape index (κ1) is 11.1. The van der Waals surface area contributed by atoms with E-state index in [2.05, 4.69) is 15.3 Å². The summed E-state index contributed by atoms with van der Waals surface area (Å²) in [6.45, 7) is 0. The molecule has 0 aliphatic heterocycles. The third kappa shape index (κ3) is 1.68. The maximum Gasteiger partial charge on any atom is 0.336 e. The van der Waals surface area contributed by atoms with Crippen molar-refractivity contribution in [2.24, 2.45) is 0 Å². The summed E-state index contributed by atoms with van der Waals surface area (Å²) in [6, 6.07) is 7.78. The molecule has 0 spiro atoms. The zero-order valence-electron chi connectivity index (χ0n) is 9.57. The molecule has 0 unspecified atom stereocenters. The molecule has 94 valence electrons. The van der Waals surface area contributed by atoms with Crippen LogP contribution in [-0.4, -0.2) is 30.9 Å². The molecule has 0 saturated carbocycles. The van der Waals surface area contributed by atoms with Gasteiger partial charge in [-0.3, -0.25) is 9.89 Å². The van der Waals surface area contributed by atoms with Crippen LogP contribution in [0.4, 0.5) is 0 Å². The Morgan fingerprint density at radius 3 is 2.79 bits per heavy atom. The van der Waals surface area contributed by atoms with Gasteiger partial charge in [0.15, 0.2) is 11.3 Å². The second-order valence-electron chi connectivity index (χ2n) is 3.86. The molecule has 2 heterocycles. The lowest BCUT2D eigenvalue weighted by atomic mass is 10.1. The number of rotatable bonds is 2. The van der Waals surface area contributed by atoms with Gasteiger partial charge in [0, 0.05) is 17.8 Å². The number of hydrogen-bond acceptors (Lipinski definition) is 4. The minimum atomic E-state index is -1.12. The summed E-state index contributed by atoms with van der Waals surface area (Å²) in [7, 11) is 0. The van der Waals surface area contributed by atoms with Crippen LogP contribution >= 0.6 is 0 Å². The zero-order chi connectivity index (χ0) is 13.4. The minimum absolute atomic E-state index is 0.00190. The Morgan fingerprint density at radius 1 is 1.21 bits per heavy atom. The molecule has 19 heavy (non-hydrogen) atoms. The van der Waals surface area contributed by atoms with Crippen molar-refractivity contribution in [2.75, 3.05) is 0 Å². The highest BCUT2D eigenvalue weighted by Crippen LogP contribution is 2.18. The summed E-state index contributed by atoms with van der Waals surface area (Å²) in [5.41, 5.74) is 0.195. The summed E-state index contributed by atoms with van der Waals surface area (Å²) in [5, 5.41) is 19.5. The number of H-pyrrole nitrogens is 1. The lowest BCUT2D eigenvalue weighted by Gasteiger charge is -2.03. The van der Waals surface area contributed by atoms with Crippen LogP contribution in [0.1, 0.15) is 10.4 Å². The van der Waals surface area contributed by atoms with E-state index >= 15 is 0 Å². The molecule has 2 aromatic heterocycles. The van der Waals surface area contributed by atoms with Crippen molar-refractivity contribution in [1.82, 2.24) is 19.8 Å². The molecule has 7 nitrogen and oxygen atoms in total. The fraction of sp³-hybridized carbons (Fsp3) is 0. The van der Waals surface area contributed by atoms with Crippen LogP contribution in [0, 0.1) is 0 Å². The highest BCUT2D eigenvalue weighted by molar-refractivity contribution is 5.95. The van der Waals surface area contributed by atoms with E-state index in [0.717, 1.165) is 0 Å². The van der Waals surface area contributed by atoms with Crippen molar-refractivity contribution < 1.29 is 9.90 Å². The van der Waals surface area contributed by atoms with Gasteiger partial charge in [-0.05, 0) is 6.07 Å². The van der Waals surface area contributed by atoms with E-state index in [1.807, 2.05) is 0 Å². The zero-order valence-corrected chi connectivity index (χ0v) is 9.57. The van der Waals surface area contributed by atoms with Crippen LogP contribution in [0.3, 0.4) is 0 Å². The van der Waals surface area contributed by atoms with E-state index in [1.165, 1.54) is 16.6 Å². The number of carboxylic acid groups (broad SMARTS) is 1. The molecule has 0 fully saturated rings. The van der Waals surface area contributed by atoms with Crippen molar-refractivity contribution in [3.63, 3.8) is 0 Å². The normalized spacial score (nSPS) is 10.7. The number of carbonyl (C=O) groups is 1.